The zero-order valence-corrected chi connectivity index (χ0v) is 20.3. The summed E-state index contributed by atoms with van der Waals surface area (Å²) in [6.07, 6.45) is 0. The SMILES string of the molecule is Cc1csc(NC(=O)c2ccc3c(c2)C(=O)N(c2ccc(Sc4ccc([N+](=O)[O-])cc4)cc2)C3=O)n1. The van der Waals surface area contributed by atoms with E-state index in [2.05, 4.69) is 10.3 Å². The minimum atomic E-state index is -0.509. The lowest BCUT2D eigenvalue weighted by atomic mass is 10.1. The van der Waals surface area contributed by atoms with Crippen LogP contribution in [0.15, 0.2) is 81.9 Å². The number of aryl methyl sites for hydroxylation is 1. The third-order valence-electron chi connectivity index (χ3n) is 5.37. The second kappa shape index (κ2) is 9.36. The topological polar surface area (TPSA) is 123 Å². The van der Waals surface area contributed by atoms with E-state index in [9.17, 15) is 24.5 Å². The van der Waals surface area contributed by atoms with E-state index in [1.807, 2.05) is 12.3 Å². The second-order valence-corrected chi connectivity index (χ2v) is 9.81. The molecule has 0 saturated heterocycles. The summed E-state index contributed by atoms with van der Waals surface area (Å²) in [6, 6.07) is 17.4. The minimum Gasteiger partial charge on any atom is -0.298 e. The Labute approximate surface area is 212 Å². The Hall–Kier alpha value is -4.35. The average molecular weight is 517 g/mol. The maximum absolute atomic E-state index is 13.1. The molecule has 1 N–H and O–H groups in total. The summed E-state index contributed by atoms with van der Waals surface area (Å²) in [5.74, 6) is -1.39. The molecule has 0 saturated carbocycles. The van der Waals surface area contributed by atoms with Crippen molar-refractivity contribution in [1.29, 1.82) is 0 Å². The molecule has 4 aromatic rings. The van der Waals surface area contributed by atoms with Crippen LogP contribution < -0.4 is 10.2 Å². The summed E-state index contributed by atoms with van der Waals surface area (Å²) in [7, 11) is 0. The van der Waals surface area contributed by atoms with Crippen molar-refractivity contribution >= 4 is 57.3 Å². The molecule has 36 heavy (non-hydrogen) atoms. The molecule has 1 aliphatic heterocycles. The number of benzene rings is 3. The van der Waals surface area contributed by atoms with E-state index in [0.717, 1.165) is 20.4 Å². The third-order valence-corrected chi connectivity index (χ3v) is 7.26. The predicted molar refractivity (Wildman–Crippen MR) is 136 cm³/mol. The molecule has 3 aromatic carbocycles. The van der Waals surface area contributed by atoms with E-state index in [0.29, 0.717) is 10.8 Å². The molecule has 0 bridgehead atoms. The number of amides is 3. The van der Waals surface area contributed by atoms with E-state index in [4.69, 9.17) is 0 Å². The lowest BCUT2D eigenvalue weighted by Crippen LogP contribution is -2.29. The van der Waals surface area contributed by atoms with Gasteiger partial charge in [0.25, 0.3) is 23.4 Å². The molecule has 3 amide bonds. The number of nitro groups is 1. The van der Waals surface area contributed by atoms with E-state index in [1.54, 1.807) is 36.4 Å². The standard InChI is InChI=1S/C25H16N4O5S2/c1-14-13-35-25(26-14)27-22(30)15-2-11-20-21(12-15)24(32)28(23(20)31)16-3-7-18(8-4-16)36-19-9-5-17(6-10-19)29(33)34/h2-13H,1H3,(H,26,27,30). The first kappa shape index (κ1) is 23.4. The number of carbonyl (C=O) groups excluding carboxylic acids is 3. The van der Waals surface area contributed by atoms with Gasteiger partial charge >= 0.3 is 0 Å². The fourth-order valence-electron chi connectivity index (χ4n) is 3.63. The van der Waals surface area contributed by atoms with Gasteiger partial charge in [-0.05, 0) is 61.5 Å². The maximum Gasteiger partial charge on any atom is 0.269 e. The second-order valence-electron chi connectivity index (χ2n) is 7.80. The highest BCUT2D eigenvalue weighted by Crippen LogP contribution is 2.33. The largest absolute Gasteiger partial charge is 0.298 e. The molecular weight excluding hydrogens is 500 g/mol. The summed E-state index contributed by atoms with van der Waals surface area (Å²) < 4.78 is 0. The first-order valence-electron chi connectivity index (χ1n) is 10.6. The van der Waals surface area contributed by atoms with Gasteiger partial charge in [0.15, 0.2) is 5.13 Å². The number of aromatic nitrogens is 1. The quantitative estimate of drug-likeness (QED) is 0.202. The van der Waals surface area contributed by atoms with Crippen molar-refractivity contribution in [3.63, 3.8) is 0 Å². The molecule has 1 aromatic heterocycles. The van der Waals surface area contributed by atoms with Crippen molar-refractivity contribution in [1.82, 2.24) is 4.98 Å². The van der Waals surface area contributed by atoms with Gasteiger partial charge in [0.05, 0.1) is 27.4 Å². The molecule has 9 nitrogen and oxygen atoms in total. The highest BCUT2D eigenvalue weighted by atomic mass is 32.2. The lowest BCUT2D eigenvalue weighted by Gasteiger charge is -2.14. The predicted octanol–water partition coefficient (Wildman–Crippen LogP) is 5.56. The van der Waals surface area contributed by atoms with Gasteiger partial charge in [-0.3, -0.25) is 29.8 Å². The molecule has 2 heterocycles. The van der Waals surface area contributed by atoms with Gasteiger partial charge in [0, 0.05) is 32.9 Å². The van der Waals surface area contributed by atoms with Crippen LogP contribution in [0.4, 0.5) is 16.5 Å². The van der Waals surface area contributed by atoms with Gasteiger partial charge in [0.1, 0.15) is 0 Å². The summed E-state index contributed by atoms with van der Waals surface area (Å²) in [5, 5.41) is 15.8. The van der Waals surface area contributed by atoms with Gasteiger partial charge in [-0.25, -0.2) is 9.88 Å². The van der Waals surface area contributed by atoms with E-state index >= 15 is 0 Å². The Bertz CT molecular complexity index is 1530. The number of nitro benzene ring substituents is 1. The number of fused-ring (bicyclic) bond motifs is 1. The van der Waals surface area contributed by atoms with Crippen molar-refractivity contribution in [2.75, 3.05) is 10.2 Å². The number of non-ortho nitro benzene ring substituents is 1. The van der Waals surface area contributed by atoms with E-state index in [1.165, 1.54) is 53.4 Å². The third kappa shape index (κ3) is 4.49. The number of carbonyl (C=O) groups is 3. The Morgan fingerprint density at radius 1 is 0.972 bits per heavy atom. The smallest absolute Gasteiger partial charge is 0.269 e. The van der Waals surface area contributed by atoms with Crippen LogP contribution in [0.25, 0.3) is 0 Å². The van der Waals surface area contributed by atoms with Gasteiger partial charge in [0.2, 0.25) is 0 Å². The number of nitrogens with zero attached hydrogens (tertiary/aromatic N) is 3. The highest BCUT2D eigenvalue weighted by molar-refractivity contribution is 7.99. The Morgan fingerprint density at radius 2 is 1.61 bits per heavy atom. The van der Waals surface area contributed by atoms with Crippen LogP contribution in [0.5, 0.6) is 0 Å². The first-order chi connectivity index (χ1) is 17.3. The molecule has 0 spiro atoms. The molecule has 178 valence electrons. The minimum absolute atomic E-state index is 0.0132. The molecule has 0 unspecified atom stereocenters. The van der Waals surface area contributed by atoms with Crippen LogP contribution in [0.2, 0.25) is 0 Å². The van der Waals surface area contributed by atoms with E-state index < -0.39 is 22.6 Å². The molecule has 11 heteroatoms. The Morgan fingerprint density at radius 3 is 2.22 bits per heavy atom. The zero-order valence-electron chi connectivity index (χ0n) is 18.6. The van der Waals surface area contributed by atoms with Crippen molar-refractivity contribution in [3.8, 4) is 0 Å². The zero-order chi connectivity index (χ0) is 25.4. The summed E-state index contributed by atoms with van der Waals surface area (Å²) in [5.41, 5.74) is 1.84. The number of anilines is 2. The molecule has 1 aliphatic rings. The number of imide groups is 1. The van der Waals surface area contributed by atoms with Crippen molar-refractivity contribution < 1.29 is 19.3 Å². The Kier molecular flexibility index (Phi) is 6.08. The first-order valence-corrected chi connectivity index (χ1v) is 12.3. The van der Waals surface area contributed by atoms with Crippen LogP contribution in [-0.4, -0.2) is 27.6 Å². The van der Waals surface area contributed by atoms with Gasteiger partial charge in [-0.1, -0.05) is 11.8 Å². The number of rotatable bonds is 6. The van der Waals surface area contributed by atoms with Gasteiger partial charge in [-0.2, -0.15) is 0 Å². The molecule has 0 radical (unpaired) electrons. The average Bonchev–Trinajstić information content (AvgIpc) is 3.39. The monoisotopic (exact) mass is 516 g/mol. The molecule has 0 atom stereocenters. The molecule has 0 fully saturated rings. The lowest BCUT2D eigenvalue weighted by molar-refractivity contribution is -0.384. The van der Waals surface area contributed by atoms with E-state index in [-0.39, 0.29) is 22.4 Å². The van der Waals surface area contributed by atoms with Gasteiger partial charge in [-0.15, -0.1) is 11.3 Å². The fraction of sp³-hybridized carbons (Fsp3) is 0.0400. The van der Waals surface area contributed by atoms with Crippen LogP contribution in [0, 0.1) is 17.0 Å². The summed E-state index contributed by atoms with van der Waals surface area (Å²) in [4.78, 5) is 56.0. The molecular formula is C25H16N4O5S2. The normalized spacial score (nSPS) is 12.5. The number of hydrogen-bond acceptors (Lipinski definition) is 8. The van der Waals surface area contributed by atoms with Crippen LogP contribution >= 0.6 is 23.1 Å². The maximum atomic E-state index is 13.1. The van der Waals surface area contributed by atoms with Gasteiger partial charge < -0.3 is 0 Å². The Balaban J connectivity index is 1.32. The van der Waals surface area contributed by atoms with Crippen LogP contribution in [0.1, 0.15) is 36.8 Å². The highest BCUT2D eigenvalue weighted by Gasteiger charge is 2.37. The van der Waals surface area contributed by atoms with Crippen molar-refractivity contribution in [3.05, 3.63) is 105 Å². The number of thiazole rings is 1. The molecule has 0 aliphatic carbocycles. The van der Waals surface area contributed by atoms with Crippen LogP contribution in [0.3, 0.4) is 0 Å². The fourth-order valence-corrected chi connectivity index (χ4v) is 5.13. The number of nitrogens with one attached hydrogen (secondary N) is 1. The molecule has 5 rings (SSSR count). The number of hydrogen-bond donors (Lipinski definition) is 1. The summed E-state index contributed by atoms with van der Waals surface area (Å²) >= 11 is 2.69. The summed E-state index contributed by atoms with van der Waals surface area (Å²) in [6.45, 7) is 1.82. The van der Waals surface area contributed by atoms with Crippen molar-refractivity contribution in [2.45, 2.75) is 16.7 Å². The van der Waals surface area contributed by atoms with Crippen LogP contribution in [-0.2, 0) is 0 Å². The van der Waals surface area contributed by atoms with Crippen molar-refractivity contribution in [2.24, 2.45) is 0 Å².